The smallest absolute Gasteiger partial charge is 0.254 e. The van der Waals surface area contributed by atoms with Gasteiger partial charge in [-0.05, 0) is 30.7 Å². The molecule has 2 rings (SSSR count). The first-order valence-corrected chi connectivity index (χ1v) is 6.25. The van der Waals surface area contributed by atoms with Crippen molar-refractivity contribution in [3.8, 4) is 0 Å². The van der Waals surface area contributed by atoms with E-state index in [2.05, 4.69) is 10.4 Å². The van der Waals surface area contributed by atoms with Gasteiger partial charge in [-0.15, -0.1) is 0 Å². The van der Waals surface area contributed by atoms with Crippen LogP contribution >= 0.6 is 11.6 Å². The summed E-state index contributed by atoms with van der Waals surface area (Å²) in [6, 6.07) is 5.74. The Morgan fingerprint density at radius 3 is 3.05 bits per heavy atom. The maximum absolute atomic E-state index is 13.4. The average Bonchev–Trinajstić information content (AvgIpc) is 2.90. The Labute approximate surface area is 115 Å². The third-order valence-electron chi connectivity index (χ3n) is 2.58. The molecule has 1 aromatic heterocycles. The molecule has 2 aromatic rings. The molecule has 1 N–H and O–H groups in total. The molecule has 0 unspecified atom stereocenters. The van der Waals surface area contributed by atoms with Crippen LogP contribution in [0.1, 0.15) is 16.8 Å². The van der Waals surface area contributed by atoms with Crippen LogP contribution in [-0.4, -0.2) is 22.2 Å². The fourth-order valence-corrected chi connectivity index (χ4v) is 1.81. The Kier molecular flexibility index (Phi) is 4.52. The molecule has 4 nitrogen and oxygen atoms in total. The normalized spacial score (nSPS) is 10.4. The Balaban J connectivity index is 1.82. The maximum Gasteiger partial charge on any atom is 0.254 e. The second kappa shape index (κ2) is 6.33. The monoisotopic (exact) mass is 281 g/mol. The molecule has 0 aliphatic rings. The van der Waals surface area contributed by atoms with Gasteiger partial charge in [0.2, 0.25) is 0 Å². The molecular weight excluding hydrogens is 269 g/mol. The molecule has 1 aromatic carbocycles. The van der Waals surface area contributed by atoms with Gasteiger partial charge in [0, 0.05) is 30.5 Å². The number of nitrogens with zero attached hydrogens (tertiary/aromatic N) is 2. The van der Waals surface area contributed by atoms with Gasteiger partial charge < -0.3 is 5.32 Å². The van der Waals surface area contributed by atoms with Crippen LogP contribution < -0.4 is 5.32 Å². The van der Waals surface area contributed by atoms with Crippen molar-refractivity contribution in [2.75, 3.05) is 6.54 Å². The molecule has 1 heterocycles. The number of aryl methyl sites for hydroxylation is 1. The summed E-state index contributed by atoms with van der Waals surface area (Å²) in [5.41, 5.74) is -0.0356. The first kappa shape index (κ1) is 13.5. The number of hydrogen-bond acceptors (Lipinski definition) is 2. The zero-order valence-corrected chi connectivity index (χ0v) is 10.9. The van der Waals surface area contributed by atoms with E-state index in [4.69, 9.17) is 11.6 Å². The number of benzene rings is 1. The number of hydrogen-bond donors (Lipinski definition) is 1. The quantitative estimate of drug-likeness (QED) is 0.856. The molecule has 0 saturated heterocycles. The van der Waals surface area contributed by atoms with E-state index in [1.807, 2.05) is 12.3 Å². The van der Waals surface area contributed by atoms with Crippen molar-refractivity contribution in [1.29, 1.82) is 0 Å². The summed E-state index contributed by atoms with van der Waals surface area (Å²) >= 11 is 5.73. The number of amides is 1. The second-order valence-corrected chi connectivity index (χ2v) is 4.44. The van der Waals surface area contributed by atoms with E-state index in [1.165, 1.54) is 18.2 Å². The number of carbonyl (C=O) groups excluding carboxylic acids is 1. The van der Waals surface area contributed by atoms with Gasteiger partial charge in [0.1, 0.15) is 5.82 Å². The molecule has 1 amide bonds. The Morgan fingerprint density at radius 2 is 2.32 bits per heavy atom. The summed E-state index contributed by atoms with van der Waals surface area (Å²) in [5.74, 6) is -1.03. The number of halogens is 2. The van der Waals surface area contributed by atoms with E-state index >= 15 is 0 Å². The van der Waals surface area contributed by atoms with E-state index < -0.39 is 11.7 Å². The molecule has 0 aliphatic heterocycles. The third-order valence-corrected chi connectivity index (χ3v) is 2.82. The molecule has 6 heteroatoms. The molecule has 0 saturated carbocycles. The van der Waals surface area contributed by atoms with Crippen molar-refractivity contribution in [3.05, 3.63) is 53.1 Å². The van der Waals surface area contributed by atoms with Gasteiger partial charge in [-0.1, -0.05) is 11.6 Å². The van der Waals surface area contributed by atoms with Gasteiger partial charge in [0.25, 0.3) is 5.91 Å². The molecule has 0 aliphatic carbocycles. The topological polar surface area (TPSA) is 46.9 Å². The van der Waals surface area contributed by atoms with Gasteiger partial charge in [-0.3, -0.25) is 9.48 Å². The van der Waals surface area contributed by atoms with Crippen molar-refractivity contribution >= 4 is 17.5 Å². The first-order valence-electron chi connectivity index (χ1n) is 5.87. The van der Waals surface area contributed by atoms with Crippen molar-refractivity contribution in [2.45, 2.75) is 13.0 Å². The highest BCUT2D eigenvalue weighted by Crippen LogP contribution is 2.14. The van der Waals surface area contributed by atoms with E-state index in [0.717, 1.165) is 6.42 Å². The summed E-state index contributed by atoms with van der Waals surface area (Å²) in [4.78, 5) is 11.7. The van der Waals surface area contributed by atoms with E-state index in [9.17, 15) is 9.18 Å². The highest BCUT2D eigenvalue weighted by molar-refractivity contribution is 6.30. The molecule has 19 heavy (non-hydrogen) atoms. The van der Waals surface area contributed by atoms with Crippen molar-refractivity contribution in [3.63, 3.8) is 0 Å². The van der Waals surface area contributed by atoms with Crippen LogP contribution in [-0.2, 0) is 6.54 Å². The summed E-state index contributed by atoms with van der Waals surface area (Å²) in [7, 11) is 0. The Morgan fingerprint density at radius 1 is 1.47 bits per heavy atom. The zero-order valence-electron chi connectivity index (χ0n) is 10.1. The van der Waals surface area contributed by atoms with Crippen molar-refractivity contribution in [2.24, 2.45) is 0 Å². The van der Waals surface area contributed by atoms with E-state index in [0.29, 0.717) is 18.1 Å². The first-order chi connectivity index (χ1) is 9.16. The minimum Gasteiger partial charge on any atom is -0.352 e. The number of rotatable bonds is 5. The van der Waals surface area contributed by atoms with Crippen LogP contribution in [0, 0.1) is 5.82 Å². The largest absolute Gasteiger partial charge is 0.352 e. The number of nitrogens with one attached hydrogen (secondary N) is 1. The van der Waals surface area contributed by atoms with Crippen LogP contribution in [0.5, 0.6) is 0 Å². The lowest BCUT2D eigenvalue weighted by Crippen LogP contribution is -2.26. The summed E-state index contributed by atoms with van der Waals surface area (Å²) in [6.45, 7) is 1.15. The van der Waals surface area contributed by atoms with Crippen LogP contribution in [0.4, 0.5) is 4.39 Å². The van der Waals surface area contributed by atoms with Crippen LogP contribution in [0.3, 0.4) is 0 Å². The van der Waals surface area contributed by atoms with Crippen molar-refractivity contribution in [1.82, 2.24) is 15.1 Å². The molecule has 0 atom stereocenters. The fourth-order valence-electron chi connectivity index (χ4n) is 1.64. The predicted octanol–water partition coefficient (Wildman–Crippen LogP) is 2.50. The molecule has 100 valence electrons. The van der Waals surface area contributed by atoms with Gasteiger partial charge in [-0.25, -0.2) is 4.39 Å². The van der Waals surface area contributed by atoms with Gasteiger partial charge in [0.05, 0.1) is 5.56 Å². The lowest BCUT2D eigenvalue weighted by Gasteiger charge is -2.06. The van der Waals surface area contributed by atoms with Crippen LogP contribution in [0.2, 0.25) is 5.02 Å². The van der Waals surface area contributed by atoms with Gasteiger partial charge in [-0.2, -0.15) is 5.10 Å². The minimum atomic E-state index is -0.575. The Hall–Kier alpha value is -1.88. The predicted molar refractivity (Wildman–Crippen MR) is 70.6 cm³/mol. The average molecular weight is 282 g/mol. The summed E-state index contributed by atoms with van der Waals surface area (Å²) < 4.78 is 15.2. The van der Waals surface area contributed by atoms with E-state index in [1.54, 1.807) is 10.9 Å². The maximum atomic E-state index is 13.4. The molecule has 0 fully saturated rings. The number of aromatic nitrogens is 2. The summed E-state index contributed by atoms with van der Waals surface area (Å²) in [6.07, 6.45) is 4.26. The van der Waals surface area contributed by atoms with E-state index in [-0.39, 0.29) is 5.56 Å². The Bertz CT molecular complexity index is 557. The lowest BCUT2D eigenvalue weighted by molar-refractivity contribution is 0.0948. The van der Waals surface area contributed by atoms with Crippen LogP contribution in [0.25, 0.3) is 0 Å². The van der Waals surface area contributed by atoms with Gasteiger partial charge >= 0.3 is 0 Å². The standard InChI is InChI=1S/C13H13ClFN3O/c14-10-3-4-12(15)11(9-10)13(19)16-5-1-7-18-8-2-6-17-18/h2-4,6,8-9H,1,5,7H2,(H,16,19). The highest BCUT2D eigenvalue weighted by Gasteiger charge is 2.11. The highest BCUT2D eigenvalue weighted by atomic mass is 35.5. The second-order valence-electron chi connectivity index (χ2n) is 4.00. The minimum absolute atomic E-state index is 0.0356. The number of carbonyl (C=O) groups is 1. The zero-order chi connectivity index (χ0) is 13.7. The molecule has 0 bridgehead atoms. The molecule has 0 radical (unpaired) electrons. The van der Waals surface area contributed by atoms with Crippen LogP contribution in [0.15, 0.2) is 36.7 Å². The SMILES string of the molecule is O=C(NCCCn1cccn1)c1cc(Cl)ccc1F. The molecule has 0 spiro atoms. The van der Waals surface area contributed by atoms with Gasteiger partial charge in [0.15, 0.2) is 0 Å². The lowest BCUT2D eigenvalue weighted by atomic mass is 10.2. The summed E-state index contributed by atoms with van der Waals surface area (Å²) in [5, 5.41) is 7.03. The third kappa shape index (κ3) is 3.79. The molecular formula is C13H13ClFN3O. The van der Waals surface area contributed by atoms with Crippen molar-refractivity contribution < 1.29 is 9.18 Å². The fraction of sp³-hybridized carbons (Fsp3) is 0.231.